The minimum Gasteiger partial charge on any atom is -0.457 e. The van der Waals surface area contributed by atoms with Gasteiger partial charge >= 0.3 is 0 Å². The molecule has 0 bridgehead atoms. The number of aryl methyl sites for hydroxylation is 1. The summed E-state index contributed by atoms with van der Waals surface area (Å²) in [6.45, 7) is 1.71. The topological polar surface area (TPSA) is 65.2 Å². The van der Waals surface area contributed by atoms with Crippen LogP contribution in [-0.4, -0.2) is 21.7 Å². The van der Waals surface area contributed by atoms with Crippen molar-refractivity contribution >= 4 is 17.5 Å². The van der Waals surface area contributed by atoms with Gasteiger partial charge < -0.3 is 9.15 Å². The minimum absolute atomic E-state index is 0.00267. The van der Waals surface area contributed by atoms with E-state index in [9.17, 15) is 4.79 Å². The zero-order valence-corrected chi connectivity index (χ0v) is 13.2. The van der Waals surface area contributed by atoms with Gasteiger partial charge in [-0.1, -0.05) is 30.0 Å². The Kier molecular flexibility index (Phi) is 4.73. The first-order valence-electron chi connectivity index (χ1n) is 7.00. The van der Waals surface area contributed by atoms with Gasteiger partial charge in [-0.3, -0.25) is 4.79 Å². The highest BCUT2D eigenvalue weighted by molar-refractivity contribution is 7.99. The second-order valence-electron chi connectivity index (χ2n) is 4.74. The smallest absolute Gasteiger partial charge is 0.277 e. The number of carbonyl (C=O) groups is 1. The molecule has 0 saturated heterocycles. The number of Topliss-reactive ketones (excluding diaryl/α,β-unsaturated/α-hetero) is 1. The lowest BCUT2D eigenvalue weighted by Gasteiger charge is -2.06. The number of thioether (sulfide) groups is 1. The molecule has 0 N–H and O–H groups in total. The van der Waals surface area contributed by atoms with Crippen LogP contribution in [0.25, 0.3) is 0 Å². The number of carbonyl (C=O) groups excluding carboxylic acids is 1. The van der Waals surface area contributed by atoms with Gasteiger partial charge in [0.05, 0.1) is 5.75 Å². The zero-order chi connectivity index (χ0) is 16.1. The third kappa shape index (κ3) is 4.20. The molecule has 3 rings (SSSR count). The Morgan fingerprint density at radius 1 is 1.04 bits per heavy atom. The van der Waals surface area contributed by atoms with Gasteiger partial charge in [-0.25, -0.2) is 0 Å². The normalized spacial score (nSPS) is 10.5. The summed E-state index contributed by atoms with van der Waals surface area (Å²) in [6.07, 6.45) is 0. The summed E-state index contributed by atoms with van der Waals surface area (Å²) in [7, 11) is 0. The third-order valence-corrected chi connectivity index (χ3v) is 3.81. The van der Waals surface area contributed by atoms with E-state index in [0.717, 1.165) is 5.75 Å². The maximum atomic E-state index is 12.1. The van der Waals surface area contributed by atoms with E-state index in [0.29, 0.717) is 22.4 Å². The van der Waals surface area contributed by atoms with Crippen LogP contribution in [0.15, 0.2) is 64.2 Å². The number of hydrogen-bond acceptors (Lipinski definition) is 6. The first kappa shape index (κ1) is 15.3. The average molecular weight is 326 g/mol. The minimum atomic E-state index is -0.00267. The molecule has 0 fully saturated rings. The van der Waals surface area contributed by atoms with Crippen LogP contribution in [0.2, 0.25) is 0 Å². The maximum Gasteiger partial charge on any atom is 0.277 e. The van der Waals surface area contributed by atoms with Crippen LogP contribution in [0.1, 0.15) is 16.2 Å². The van der Waals surface area contributed by atoms with E-state index in [4.69, 9.17) is 9.15 Å². The van der Waals surface area contributed by atoms with Gasteiger partial charge in [0.25, 0.3) is 5.22 Å². The second kappa shape index (κ2) is 7.11. The molecule has 23 heavy (non-hydrogen) atoms. The molecule has 0 radical (unpaired) electrons. The number of hydrogen-bond donors (Lipinski definition) is 0. The summed E-state index contributed by atoms with van der Waals surface area (Å²) in [4.78, 5) is 12.1. The number of rotatable bonds is 6. The summed E-state index contributed by atoms with van der Waals surface area (Å²) < 4.78 is 10.9. The Morgan fingerprint density at radius 3 is 2.39 bits per heavy atom. The van der Waals surface area contributed by atoms with Gasteiger partial charge in [-0.15, -0.1) is 10.2 Å². The molecular weight excluding hydrogens is 312 g/mol. The predicted octanol–water partition coefficient (Wildman–Crippen LogP) is 4.15. The molecular formula is C17H14N2O3S. The number of nitrogens with zero attached hydrogens (tertiary/aromatic N) is 2. The summed E-state index contributed by atoms with van der Waals surface area (Å²) in [6, 6.07) is 16.6. The van der Waals surface area contributed by atoms with Crippen LogP contribution in [-0.2, 0) is 0 Å². The molecule has 0 atom stereocenters. The molecule has 5 nitrogen and oxygen atoms in total. The van der Waals surface area contributed by atoms with Crippen molar-refractivity contribution < 1.29 is 13.9 Å². The van der Waals surface area contributed by atoms with E-state index in [2.05, 4.69) is 10.2 Å². The fourth-order valence-electron chi connectivity index (χ4n) is 1.88. The Hall–Kier alpha value is -2.60. The maximum absolute atomic E-state index is 12.1. The van der Waals surface area contributed by atoms with Crippen LogP contribution in [0.4, 0.5) is 0 Å². The highest BCUT2D eigenvalue weighted by Crippen LogP contribution is 2.22. The number of ketones is 1. The van der Waals surface area contributed by atoms with Crippen LogP contribution in [0.3, 0.4) is 0 Å². The molecule has 0 spiro atoms. The summed E-state index contributed by atoms with van der Waals surface area (Å²) in [5.74, 6) is 2.18. The second-order valence-corrected chi connectivity index (χ2v) is 5.66. The monoisotopic (exact) mass is 326 g/mol. The van der Waals surface area contributed by atoms with Crippen molar-refractivity contribution in [1.29, 1.82) is 0 Å². The van der Waals surface area contributed by atoms with Crippen molar-refractivity contribution in [3.8, 4) is 11.5 Å². The predicted molar refractivity (Wildman–Crippen MR) is 87.0 cm³/mol. The van der Waals surface area contributed by atoms with Crippen molar-refractivity contribution in [3.63, 3.8) is 0 Å². The fourth-order valence-corrected chi connectivity index (χ4v) is 2.58. The molecule has 6 heteroatoms. The largest absolute Gasteiger partial charge is 0.457 e. The Labute approximate surface area is 137 Å². The molecule has 0 unspecified atom stereocenters. The van der Waals surface area contributed by atoms with E-state index < -0.39 is 0 Å². The number of aromatic nitrogens is 2. The van der Waals surface area contributed by atoms with Crippen LogP contribution in [0, 0.1) is 6.92 Å². The van der Waals surface area contributed by atoms with Crippen LogP contribution < -0.4 is 4.74 Å². The van der Waals surface area contributed by atoms with E-state index in [1.165, 1.54) is 11.8 Å². The van der Waals surface area contributed by atoms with Gasteiger partial charge in [0, 0.05) is 12.5 Å². The molecule has 1 aromatic heterocycles. The van der Waals surface area contributed by atoms with Crippen molar-refractivity contribution in [3.05, 3.63) is 66.1 Å². The van der Waals surface area contributed by atoms with E-state index in [-0.39, 0.29) is 11.5 Å². The fraction of sp³-hybridized carbons (Fsp3) is 0.118. The first-order chi connectivity index (χ1) is 11.2. The average Bonchev–Trinajstić information content (AvgIpc) is 3.00. The van der Waals surface area contributed by atoms with Gasteiger partial charge in [0.15, 0.2) is 5.78 Å². The van der Waals surface area contributed by atoms with Crippen LogP contribution >= 0.6 is 11.8 Å². The summed E-state index contributed by atoms with van der Waals surface area (Å²) in [5, 5.41) is 7.97. The Morgan fingerprint density at radius 2 is 1.74 bits per heavy atom. The van der Waals surface area contributed by atoms with E-state index in [1.54, 1.807) is 31.2 Å². The van der Waals surface area contributed by atoms with Crippen molar-refractivity contribution in [1.82, 2.24) is 10.2 Å². The lowest BCUT2D eigenvalue weighted by Crippen LogP contribution is -2.02. The summed E-state index contributed by atoms with van der Waals surface area (Å²) in [5.41, 5.74) is 0.620. The number of benzene rings is 2. The molecule has 0 aliphatic heterocycles. The van der Waals surface area contributed by atoms with Gasteiger partial charge in [-0.2, -0.15) is 0 Å². The molecule has 116 valence electrons. The van der Waals surface area contributed by atoms with Gasteiger partial charge in [0.2, 0.25) is 5.89 Å². The molecule has 1 heterocycles. The molecule has 0 amide bonds. The van der Waals surface area contributed by atoms with Crippen molar-refractivity contribution in [2.45, 2.75) is 12.1 Å². The Bertz CT molecular complexity index is 785. The van der Waals surface area contributed by atoms with E-state index in [1.807, 2.05) is 30.3 Å². The lowest BCUT2D eigenvalue weighted by molar-refractivity contribution is 0.102. The van der Waals surface area contributed by atoms with Crippen molar-refractivity contribution in [2.24, 2.45) is 0 Å². The van der Waals surface area contributed by atoms with E-state index >= 15 is 0 Å². The van der Waals surface area contributed by atoms with Crippen molar-refractivity contribution in [2.75, 3.05) is 5.75 Å². The zero-order valence-electron chi connectivity index (χ0n) is 12.4. The lowest BCUT2D eigenvalue weighted by atomic mass is 10.1. The number of para-hydroxylation sites is 1. The summed E-state index contributed by atoms with van der Waals surface area (Å²) >= 11 is 1.23. The number of ether oxygens (including phenoxy) is 1. The molecule has 0 saturated carbocycles. The standard InChI is InChI=1S/C17H14N2O3S/c1-12-18-19-17(21-12)23-11-16(20)13-7-9-15(10-8-13)22-14-5-3-2-4-6-14/h2-10H,11H2,1H3. The van der Waals surface area contributed by atoms with Crippen LogP contribution in [0.5, 0.6) is 11.5 Å². The highest BCUT2D eigenvalue weighted by Gasteiger charge is 2.10. The molecule has 2 aromatic carbocycles. The highest BCUT2D eigenvalue weighted by atomic mass is 32.2. The quantitative estimate of drug-likeness (QED) is 0.501. The molecule has 0 aliphatic carbocycles. The van der Waals surface area contributed by atoms with Gasteiger partial charge in [0.1, 0.15) is 11.5 Å². The van der Waals surface area contributed by atoms with Gasteiger partial charge in [-0.05, 0) is 36.4 Å². The first-order valence-corrected chi connectivity index (χ1v) is 7.98. The molecule has 3 aromatic rings. The third-order valence-electron chi connectivity index (χ3n) is 2.99. The Balaban J connectivity index is 1.59. The molecule has 0 aliphatic rings. The SMILES string of the molecule is Cc1nnc(SCC(=O)c2ccc(Oc3ccccc3)cc2)o1.